The maximum atomic E-state index is 9.22. The van der Waals surface area contributed by atoms with Crippen molar-refractivity contribution < 1.29 is 4.79 Å². The Morgan fingerprint density at radius 3 is 1.83 bits per heavy atom. The smallest absolute Gasteiger partial charge is 0.211 e. The zero-order valence-corrected chi connectivity index (χ0v) is 10.1. The fraction of sp³-hybridized carbons (Fsp3) is 0.0625. The highest BCUT2D eigenvalue weighted by Crippen LogP contribution is 2.35. The SMILES string of the molecule is C=CNC=O.c1ccc2c(c1)Cc1ccccc1-2. The lowest BCUT2D eigenvalue weighted by atomic mass is 10.1. The third kappa shape index (κ3) is 2.48. The van der Waals surface area contributed by atoms with Gasteiger partial charge in [-0.25, -0.2) is 0 Å². The van der Waals surface area contributed by atoms with Gasteiger partial charge < -0.3 is 5.32 Å². The summed E-state index contributed by atoms with van der Waals surface area (Å²) in [5.74, 6) is 0. The zero-order chi connectivity index (χ0) is 12.8. The predicted molar refractivity (Wildman–Crippen MR) is 74.1 cm³/mol. The molecule has 2 aromatic rings. The quantitative estimate of drug-likeness (QED) is 0.682. The van der Waals surface area contributed by atoms with Crippen LogP contribution in [-0.4, -0.2) is 6.41 Å². The van der Waals surface area contributed by atoms with Gasteiger partial charge in [0.1, 0.15) is 0 Å². The molecule has 90 valence electrons. The molecule has 0 heterocycles. The van der Waals surface area contributed by atoms with Gasteiger partial charge in [0.05, 0.1) is 0 Å². The summed E-state index contributed by atoms with van der Waals surface area (Å²) in [5, 5.41) is 2.19. The molecule has 2 aromatic carbocycles. The monoisotopic (exact) mass is 237 g/mol. The van der Waals surface area contributed by atoms with Crippen molar-refractivity contribution in [2.24, 2.45) is 0 Å². The van der Waals surface area contributed by atoms with E-state index in [1.165, 1.54) is 28.5 Å². The first-order valence-electron chi connectivity index (χ1n) is 5.83. The summed E-state index contributed by atoms with van der Waals surface area (Å²) in [6, 6.07) is 17.3. The van der Waals surface area contributed by atoms with Crippen LogP contribution in [0.2, 0.25) is 0 Å². The van der Waals surface area contributed by atoms with Crippen molar-refractivity contribution in [1.82, 2.24) is 5.32 Å². The lowest BCUT2D eigenvalue weighted by Crippen LogP contribution is -1.96. The molecule has 0 unspecified atom stereocenters. The van der Waals surface area contributed by atoms with Gasteiger partial charge in [-0.05, 0) is 34.9 Å². The van der Waals surface area contributed by atoms with E-state index in [1.807, 2.05) is 0 Å². The molecule has 2 nitrogen and oxygen atoms in total. The number of hydrogen-bond acceptors (Lipinski definition) is 1. The Kier molecular flexibility index (Phi) is 3.92. The van der Waals surface area contributed by atoms with Gasteiger partial charge in [0, 0.05) is 0 Å². The van der Waals surface area contributed by atoms with Crippen LogP contribution in [-0.2, 0) is 11.2 Å². The topological polar surface area (TPSA) is 29.1 Å². The molecular weight excluding hydrogens is 222 g/mol. The molecule has 18 heavy (non-hydrogen) atoms. The van der Waals surface area contributed by atoms with Gasteiger partial charge >= 0.3 is 0 Å². The number of amides is 1. The van der Waals surface area contributed by atoms with Crippen LogP contribution in [0.1, 0.15) is 11.1 Å². The van der Waals surface area contributed by atoms with Crippen molar-refractivity contribution in [1.29, 1.82) is 0 Å². The maximum absolute atomic E-state index is 9.22. The molecule has 1 amide bonds. The van der Waals surface area contributed by atoms with E-state index in [1.54, 1.807) is 0 Å². The Balaban J connectivity index is 0.000000209. The Bertz CT molecular complexity index is 511. The van der Waals surface area contributed by atoms with Gasteiger partial charge in [0.2, 0.25) is 6.41 Å². The number of nitrogens with one attached hydrogen (secondary N) is 1. The first-order chi connectivity index (χ1) is 8.86. The molecule has 2 heteroatoms. The van der Waals surface area contributed by atoms with Crippen molar-refractivity contribution in [2.45, 2.75) is 6.42 Å². The van der Waals surface area contributed by atoms with E-state index in [9.17, 15) is 4.79 Å². The van der Waals surface area contributed by atoms with Gasteiger partial charge in [-0.15, -0.1) is 0 Å². The average molecular weight is 237 g/mol. The molecule has 0 fully saturated rings. The van der Waals surface area contributed by atoms with Crippen LogP contribution in [0.25, 0.3) is 11.1 Å². The highest BCUT2D eigenvalue weighted by molar-refractivity contribution is 5.76. The third-order valence-electron chi connectivity index (χ3n) is 2.89. The first-order valence-corrected chi connectivity index (χ1v) is 5.83. The fourth-order valence-corrected chi connectivity index (χ4v) is 2.13. The third-order valence-corrected chi connectivity index (χ3v) is 2.89. The second-order valence-corrected chi connectivity index (χ2v) is 3.98. The molecule has 1 N–H and O–H groups in total. The van der Waals surface area contributed by atoms with Crippen LogP contribution >= 0.6 is 0 Å². The molecule has 0 aromatic heterocycles. The summed E-state index contributed by atoms with van der Waals surface area (Å²) in [4.78, 5) is 9.22. The van der Waals surface area contributed by atoms with E-state index in [2.05, 4.69) is 60.4 Å². The Hall–Kier alpha value is -2.35. The summed E-state index contributed by atoms with van der Waals surface area (Å²) < 4.78 is 0. The normalized spacial score (nSPS) is 10.4. The minimum Gasteiger partial charge on any atom is -0.336 e. The van der Waals surface area contributed by atoms with E-state index in [4.69, 9.17) is 0 Å². The largest absolute Gasteiger partial charge is 0.336 e. The molecule has 0 radical (unpaired) electrons. The number of carbonyl (C=O) groups is 1. The molecule has 0 saturated carbocycles. The van der Waals surface area contributed by atoms with Crippen molar-refractivity contribution in [3.05, 3.63) is 72.4 Å². The van der Waals surface area contributed by atoms with E-state index in [0.717, 1.165) is 6.42 Å². The van der Waals surface area contributed by atoms with Crippen LogP contribution in [0.3, 0.4) is 0 Å². The molecule has 0 aliphatic heterocycles. The fourth-order valence-electron chi connectivity index (χ4n) is 2.13. The van der Waals surface area contributed by atoms with E-state index in [0.29, 0.717) is 6.41 Å². The van der Waals surface area contributed by atoms with Crippen LogP contribution in [0.15, 0.2) is 61.3 Å². The van der Waals surface area contributed by atoms with E-state index < -0.39 is 0 Å². The molecule has 0 saturated heterocycles. The number of hydrogen-bond donors (Lipinski definition) is 1. The minimum absolute atomic E-state index is 0.562. The minimum atomic E-state index is 0.562. The van der Waals surface area contributed by atoms with Crippen molar-refractivity contribution in [2.75, 3.05) is 0 Å². The number of carbonyl (C=O) groups excluding carboxylic acids is 1. The first kappa shape index (κ1) is 12.1. The molecule has 1 aliphatic carbocycles. The van der Waals surface area contributed by atoms with E-state index >= 15 is 0 Å². The highest BCUT2D eigenvalue weighted by Gasteiger charge is 2.15. The summed E-state index contributed by atoms with van der Waals surface area (Å²) >= 11 is 0. The molecule has 3 rings (SSSR count). The molecule has 0 bridgehead atoms. The predicted octanol–water partition coefficient (Wildman–Crippen LogP) is 3.13. The zero-order valence-electron chi connectivity index (χ0n) is 10.1. The summed E-state index contributed by atoms with van der Waals surface area (Å²) in [5.41, 5.74) is 5.75. The molecule has 1 aliphatic rings. The number of benzene rings is 2. The van der Waals surface area contributed by atoms with Crippen molar-refractivity contribution >= 4 is 6.41 Å². The summed E-state index contributed by atoms with van der Waals surface area (Å²) in [7, 11) is 0. The Morgan fingerprint density at radius 2 is 1.44 bits per heavy atom. The van der Waals surface area contributed by atoms with Gasteiger partial charge in [0.25, 0.3) is 0 Å². The number of rotatable bonds is 2. The maximum Gasteiger partial charge on any atom is 0.211 e. The van der Waals surface area contributed by atoms with Crippen LogP contribution < -0.4 is 5.32 Å². The Labute approximate surface area is 107 Å². The second-order valence-electron chi connectivity index (χ2n) is 3.98. The van der Waals surface area contributed by atoms with Gasteiger partial charge in [0.15, 0.2) is 0 Å². The van der Waals surface area contributed by atoms with Gasteiger partial charge in [-0.3, -0.25) is 4.79 Å². The standard InChI is InChI=1S/C13H10.C3H5NO/c1-3-7-12-10(5-1)9-11-6-2-4-8-13(11)12;1-2-4-3-5/h1-8H,9H2;2-3H,1H2,(H,4,5). The second kappa shape index (κ2) is 5.82. The molecule has 0 atom stereocenters. The van der Waals surface area contributed by atoms with Crippen LogP contribution in [0, 0.1) is 0 Å². The van der Waals surface area contributed by atoms with Crippen LogP contribution in [0.4, 0.5) is 0 Å². The average Bonchev–Trinajstić information content (AvgIpc) is 2.79. The summed E-state index contributed by atoms with van der Waals surface area (Å²) in [6.07, 6.45) is 2.98. The van der Waals surface area contributed by atoms with Crippen molar-refractivity contribution in [3.63, 3.8) is 0 Å². The lowest BCUT2D eigenvalue weighted by molar-refractivity contribution is -0.108. The van der Waals surface area contributed by atoms with Gasteiger partial charge in [-0.2, -0.15) is 0 Å². The van der Waals surface area contributed by atoms with E-state index in [-0.39, 0.29) is 0 Å². The Morgan fingerprint density at radius 1 is 0.944 bits per heavy atom. The molecule has 0 spiro atoms. The summed E-state index contributed by atoms with van der Waals surface area (Å²) in [6.45, 7) is 3.21. The van der Waals surface area contributed by atoms with Gasteiger partial charge in [-0.1, -0.05) is 55.1 Å². The lowest BCUT2D eigenvalue weighted by Gasteiger charge is -1.98. The van der Waals surface area contributed by atoms with Crippen molar-refractivity contribution in [3.8, 4) is 11.1 Å². The highest BCUT2D eigenvalue weighted by atomic mass is 16.1. The molecular formula is C16H15NO. The number of fused-ring (bicyclic) bond motifs is 3. The van der Waals surface area contributed by atoms with Crippen LogP contribution in [0.5, 0.6) is 0 Å².